The third kappa shape index (κ3) is 7.31. The quantitative estimate of drug-likeness (QED) is 0.378. The standard InChI is InChI=1S/C16H28O2/c1-7-18-16(17)11-14(6)9-8-10-15(12(2)3)13(4)5/h10-13H,7-9H2,1-6H3/b14-11-. The predicted octanol–water partition coefficient (Wildman–Crippen LogP) is 4.51. The van der Waals surface area contributed by atoms with E-state index < -0.39 is 0 Å². The number of allylic oxidation sites excluding steroid dienone is 3. The first-order chi connectivity index (χ1) is 8.38. The lowest BCUT2D eigenvalue weighted by molar-refractivity contribution is -0.137. The summed E-state index contributed by atoms with van der Waals surface area (Å²) in [6.07, 6.45) is 5.83. The van der Waals surface area contributed by atoms with Gasteiger partial charge in [0.1, 0.15) is 0 Å². The van der Waals surface area contributed by atoms with Crippen molar-refractivity contribution in [3.63, 3.8) is 0 Å². The van der Waals surface area contributed by atoms with Gasteiger partial charge in [-0.3, -0.25) is 0 Å². The third-order valence-corrected chi connectivity index (χ3v) is 2.90. The fraction of sp³-hybridized carbons (Fsp3) is 0.688. The topological polar surface area (TPSA) is 26.3 Å². The molecule has 0 aliphatic rings. The Morgan fingerprint density at radius 2 is 1.72 bits per heavy atom. The number of hydrogen-bond acceptors (Lipinski definition) is 2. The molecule has 0 heterocycles. The highest BCUT2D eigenvalue weighted by molar-refractivity contribution is 5.82. The summed E-state index contributed by atoms with van der Waals surface area (Å²) < 4.78 is 4.89. The highest BCUT2D eigenvalue weighted by Crippen LogP contribution is 2.20. The molecular weight excluding hydrogens is 224 g/mol. The molecule has 0 aromatic rings. The van der Waals surface area contributed by atoms with Crippen LogP contribution < -0.4 is 0 Å². The molecule has 0 radical (unpaired) electrons. The van der Waals surface area contributed by atoms with Crippen molar-refractivity contribution in [1.82, 2.24) is 0 Å². The van der Waals surface area contributed by atoms with E-state index in [1.165, 1.54) is 5.57 Å². The van der Waals surface area contributed by atoms with Crippen molar-refractivity contribution in [3.05, 3.63) is 23.3 Å². The van der Waals surface area contributed by atoms with Crippen LogP contribution in [0.4, 0.5) is 0 Å². The Kier molecular flexibility index (Phi) is 8.43. The zero-order chi connectivity index (χ0) is 14.1. The minimum atomic E-state index is -0.230. The number of esters is 1. The summed E-state index contributed by atoms with van der Waals surface area (Å²) in [5.74, 6) is 0.964. The number of ether oxygens (including phenoxy) is 1. The molecule has 0 atom stereocenters. The molecule has 0 unspecified atom stereocenters. The fourth-order valence-electron chi connectivity index (χ4n) is 2.06. The molecule has 0 aromatic carbocycles. The van der Waals surface area contributed by atoms with E-state index in [0.717, 1.165) is 18.4 Å². The van der Waals surface area contributed by atoms with E-state index in [9.17, 15) is 4.79 Å². The Labute approximate surface area is 112 Å². The summed E-state index contributed by atoms with van der Waals surface area (Å²) >= 11 is 0. The van der Waals surface area contributed by atoms with E-state index in [0.29, 0.717) is 18.4 Å². The maximum absolute atomic E-state index is 11.3. The zero-order valence-corrected chi connectivity index (χ0v) is 12.7. The van der Waals surface area contributed by atoms with Gasteiger partial charge in [-0.15, -0.1) is 0 Å². The van der Waals surface area contributed by atoms with Gasteiger partial charge in [0.2, 0.25) is 0 Å². The van der Waals surface area contributed by atoms with Crippen molar-refractivity contribution in [2.45, 2.75) is 54.4 Å². The summed E-state index contributed by atoms with van der Waals surface area (Å²) in [5.41, 5.74) is 2.58. The SMILES string of the molecule is CCOC(=O)/C=C(/C)CCC=C(C(C)C)C(C)C. The van der Waals surface area contributed by atoms with Gasteiger partial charge in [0, 0.05) is 6.08 Å². The van der Waals surface area contributed by atoms with Crippen molar-refractivity contribution in [2.75, 3.05) is 6.61 Å². The van der Waals surface area contributed by atoms with Gasteiger partial charge < -0.3 is 4.74 Å². The molecule has 0 aliphatic heterocycles. The highest BCUT2D eigenvalue weighted by atomic mass is 16.5. The molecule has 18 heavy (non-hydrogen) atoms. The summed E-state index contributed by atoms with van der Waals surface area (Å²) in [6.45, 7) is 13.2. The van der Waals surface area contributed by atoms with Crippen molar-refractivity contribution >= 4 is 5.97 Å². The van der Waals surface area contributed by atoms with E-state index in [-0.39, 0.29) is 5.97 Å². The first-order valence-corrected chi connectivity index (χ1v) is 6.92. The number of carbonyl (C=O) groups excluding carboxylic acids is 1. The van der Waals surface area contributed by atoms with Crippen LogP contribution in [0.5, 0.6) is 0 Å². The second kappa shape index (κ2) is 8.96. The van der Waals surface area contributed by atoms with Gasteiger partial charge in [-0.2, -0.15) is 0 Å². The average Bonchev–Trinajstić information content (AvgIpc) is 2.23. The van der Waals surface area contributed by atoms with Crippen LogP contribution in [0.15, 0.2) is 23.3 Å². The summed E-state index contributed by atoms with van der Waals surface area (Å²) in [4.78, 5) is 11.3. The molecule has 0 aliphatic carbocycles. The van der Waals surface area contributed by atoms with Crippen LogP contribution in [0.1, 0.15) is 54.4 Å². The molecule has 104 valence electrons. The largest absolute Gasteiger partial charge is 0.463 e. The maximum atomic E-state index is 11.3. The van der Waals surface area contributed by atoms with Gasteiger partial charge in [0.05, 0.1) is 6.61 Å². The minimum Gasteiger partial charge on any atom is -0.463 e. The van der Waals surface area contributed by atoms with Crippen molar-refractivity contribution in [2.24, 2.45) is 11.8 Å². The van der Waals surface area contributed by atoms with Crippen LogP contribution in [0.3, 0.4) is 0 Å². The molecule has 0 spiro atoms. The zero-order valence-electron chi connectivity index (χ0n) is 12.7. The van der Waals surface area contributed by atoms with Crippen molar-refractivity contribution < 1.29 is 9.53 Å². The van der Waals surface area contributed by atoms with Gasteiger partial charge in [0.15, 0.2) is 0 Å². The predicted molar refractivity (Wildman–Crippen MR) is 77.4 cm³/mol. The first kappa shape index (κ1) is 16.9. The maximum Gasteiger partial charge on any atom is 0.330 e. The summed E-state index contributed by atoms with van der Waals surface area (Å²) in [5, 5.41) is 0. The Balaban J connectivity index is 4.32. The summed E-state index contributed by atoms with van der Waals surface area (Å²) in [7, 11) is 0. The third-order valence-electron chi connectivity index (χ3n) is 2.90. The van der Waals surface area contributed by atoms with E-state index in [4.69, 9.17) is 4.74 Å². The number of carbonyl (C=O) groups is 1. The molecular formula is C16H28O2. The molecule has 0 N–H and O–H groups in total. The second-order valence-electron chi connectivity index (χ2n) is 5.29. The van der Waals surface area contributed by atoms with Crippen LogP contribution >= 0.6 is 0 Å². The van der Waals surface area contributed by atoms with E-state index in [1.54, 1.807) is 6.08 Å². The lowest BCUT2D eigenvalue weighted by atomic mass is 9.91. The molecule has 0 bridgehead atoms. The number of hydrogen-bond donors (Lipinski definition) is 0. The Hall–Kier alpha value is -1.05. The van der Waals surface area contributed by atoms with Crippen molar-refractivity contribution in [3.8, 4) is 0 Å². The molecule has 2 heteroatoms. The fourth-order valence-corrected chi connectivity index (χ4v) is 2.06. The molecule has 0 saturated carbocycles. The first-order valence-electron chi connectivity index (χ1n) is 6.92. The van der Waals surface area contributed by atoms with E-state index in [1.807, 2.05) is 13.8 Å². The normalized spacial score (nSPS) is 11.9. The Morgan fingerprint density at radius 1 is 1.17 bits per heavy atom. The molecule has 0 fully saturated rings. The monoisotopic (exact) mass is 252 g/mol. The molecule has 0 amide bonds. The minimum absolute atomic E-state index is 0.230. The molecule has 2 nitrogen and oxygen atoms in total. The van der Waals surface area contributed by atoms with Crippen LogP contribution in [0.2, 0.25) is 0 Å². The van der Waals surface area contributed by atoms with Crippen LogP contribution in [0.25, 0.3) is 0 Å². The molecule has 0 rings (SSSR count). The average molecular weight is 252 g/mol. The Bertz CT molecular complexity index is 299. The van der Waals surface area contributed by atoms with E-state index in [2.05, 4.69) is 33.8 Å². The molecule has 0 saturated heterocycles. The van der Waals surface area contributed by atoms with Gasteiger partial charge >= 0.3 is 5.97 Å². The summed E-state index contributed by atoms with van der Waals surface area (Å²) in [6, 6.07) is 0. The Morgan fingerprint density at radius 3 is 2.17 bits per heavy atom. The highest BCUT2D eigenvalue weighted by Gasteiger charge is 2.07. The molecule has 0 aromatic heterocycles. The number of rotatable bonds is 7. The van der Waals surface area contributed by atoms with Crippen LogP contribution in [-0.2, 0) is 9.53 Å². The van der Waals surface area contributed by atoms with Gasteiger partial charge in [-0.25, -0.2) is 4.79 Å². The van der Waals surface area contributed by atoms with E-state index >= 15 is 0 Å². The van der Waals surface area contributed by atoms with Gasteiger partial charge in [-0.1, -0.05) is 44.9 Å². The van der Waals surface area contributed by atoms with Gasteiger partial charge in [-0.05, 0) is 38.5 Å². The van der Waals surface area contributed by atoms with Crippen molar-refractivity contribution in [1.29, 1.82) is 0 Å². The van der Waals surface area contributed by atoms with Crippen LogP contribution in [-0.4, -0.2) is 12.6 Å². The second-order valence-corrected chi connectivity index (χ2v) is 5.29. The van der Waals surface area contributed by atoms with Crippen LogP contribution in [0, 0.1) is 11.8 Å². The lowest BCUT2D eigenvalue weighted by Crippen LogP contribution is -2.02. The lowest BCUT2D eigenvalue weighted by Gasteiger charge is -2.15. The van der Waals surface area contributed by atoms with Gasteiger partial charge in [0.25, 0.3) is 0 Å². The smallest absolute Gasteiger partial charge is 0.330 e.